The molecule has 1 aliphatic heterocycles. The summed E-state index contributed by atoms with van der Waals surface area (Å²) >= 11 is 0. The number of carbonyl (C=O) groups is 2. The van der Waals surface area contributed by atoms with Gasteiger partial charge in [-0.15, -0.1) is 0 Å². The van der Waals surface area contributed by atoms with Crippen LogP contribution in [0.15, 0.2) is 54.6 Å². The number of ether oxygens (including phenoxy) is 3. The van der Waals surface area contributed by atoms with Crippen LogP contribution >= 0.6 is 0 Å². The van der Waals surface area contributed by atoms with Crippen molar-refractivity contribution in [1.82, 2.24) is 4.90 Å². The first-order valence-electron chi connectivity index (χ1n) is 9.02. The molecule has 148 valence electrons. The van der Waals surface area contributed by atoms with E-state index in [4.69, 9.17) is 14.2 Å². The minimum Gasteiger partial charge on any atom is -0.485 e. The summed E-state index contributed by atoms with van der Waals surface area (Å²) in [5.41, 5.74) is 1.01. The summed E-state index contributed by atoms with van der Waals surface area (Å²) in [7, 11) is 1.51. The average Bonchev–Trinajstić information content (AvgIpc) is 3.17. The molecule has 1 fully saturated rings. The number of hydrogen-bond acceptors (Lipinski definition) is 5. The van der Waals surface area contributed by atoms with Gasteiger partial charge in [-0.1, -0.05) is 42.5 Å². The van der Waals surface area contributed by atoms with E-state index in [1.165, 1.54) is 12.0 Å². The molecule has 0 aromatic heterocycles. The Labute approximate surface area is 163 Å². The number of likely N-dealkylation sites (tertiary alicyclic amines) is 1. The lowest BCUT2D eigenvalue weighted by atomic mass is 10.2. The van der Waals surface area contributed by atoms with Crippen LogP contribution in [0, 0.1) is 0 Å². The van der Waals surface area contributed by atoms with Crippen molar-refractivity contribution in [1.29, 1.82) is 0 Å². The van der Waals surface area contributed by atoms with Crippen molar-refractivity contribution >= 4 is 11.9 Å². The van der Waals surface area contributed by atoms with E-state index in [-0.39, 0.29) is 25.7 Å². The Kier molecular flexibility index (Phi) is 6.49. The molecule has 2 aromatic carbocycles. The fourth-order valence-corrected chi connectivity index (χ4v) is 3.12. The largest absolute Gasteiger partial charge is 0.485 e. The summed E-state index contributed by atoms with van der Waals surface area (Å²) in [5.74, 6) is -0.490. The summed E-state index contributed by atoms with van der Waals surface area (Å²) in [6.45, 7) is 0.339. The van der Waals surface area contributed by atoms with E-state index in [0.29, 0.717) is 18.1 Å². The first-order valence-corrected chi connectivity index (χ1v) is 9.02. The van der Waals surface area contributed by atoms with Gasteiger partial charge in [-0.2, -0.15) is 0 Å². The van der Waals surface area contributed by atoms with E-state index in [1.54, 1.807) is 18.2 Å². The molecule has 1 heterocycles. The number of aliphatic carboxylic acids is 1. The maximum atomic E-state index is 12.5. The molecular weight excluding hydrogens is 362 g/mol. The number of carboxylic acids is 1. The molecular formula is C21H23NO6. The molecule has 7 heteroatoms. The molecule has 0 saturated carbocycles. The van der Waals surface area contributed by atoms with Crippen LogP contribution in [0.2, 0.25) is 0 Å². The molecule has 0 bridgehead atoms. The maximum absolute atomic E-state index is 12.5. The molecule has 1 saturated heterocycles. The molecule has 0 spiro atoms. The third kappa shape index (κ3) is 4.80. The second-order valence-corrected chi connectivity index (χ2v) is 6.50. The van der Waals surface area contributed by atoms with Gasteiger partial charge in [0.2, 0.25) is 0 Å². The van der Waals surface area contributed by atoms with E-state index >= 15 is 0 Å². The monoisotopic (exact) mass is 385 g/mol. The Morgan fingerprint density at radius 1 is 1.04 bits per heavy atom. The zero-order chi connectivity index (χ0) is 19.9. The highest BCUT2D eigenvalue weighted by atomic mass is 16.5. The number of para-hydroxylation sites is 2. The number of rotatable bonds is 8. The number of amides is 1. The lowest BCUT2D eigenvalue weighted by molar-refractivity contribution is -0.149. The topological polar surface area (TPSA) is 85.3 Å². The van der Waals surface area contributed by atoms with Crippen molar-refractivity contribution in [3.8, 4) is 11.5 Å². The van der Waals surface area contributed by atoms with Gasteiger partial charge in [0.05, 0.1) is 6.10 Å². The minimum absolute atomic E-state index is 0.238. The number of methoxy groups -OCH3 is 1. The SMILES string of the molecule is COC1CC(C(=O)O)N(C(=O)COc2ccccc2OCc2ccccc2)C1. The molecule has 1 aliphatic rings. The summed E-state index contributed by atoms with van der Waals surface area (Å²) in [6, 6.07) is 15.9. The fraction of sp³-hybridized carbons (Fsp3) is 0.333. The van der Waals surface area contributed by atoms with Gasteiger partial charge in [0.1, 0.15) is 12.6 Å². The van der Waals surface area contributed by atoms with Crippen molar-refractivity contribution < 1.29 is 28.9 Å². The molecule has 2 unspecified atom stereocenters. The van der Waals surface area contributed by atoms with Gasteiger partial charge in [-0.25, -0.2) is 4.79 Å². The average molecular weight is 385 g/mol. The van der Waals surface area contributed by atoms with E-state index in [2.05, 4.69) is 0 Å². The van der Waals surface area contributed by atoms with Gasteiger partial charge in [0, 0.05) is 20.1 Å². The minimum atomic E-state index is -1.04. The number of carboxylic acid groups (broad SMARTS) is 1. The molecule has 7 nitrogen and oxygen atoms in total. The van der Waals surface area contributed by atoms with Crippen LogP contribution in [-0.2, 0) is 20.9 Å². The molecule has 0 aliphatic carbocycles. The summed E-state index contributed by atoms with van der Waals surface area (Å²) in [4.78, 5) is 25.2. The van der Waals surface area contributed by atoms with Crippen LogP contribution in [0.3, 0.4) is 0 Å². The Bertz CT molecular complexity index is 810. The zero-order valence-electron chi connectivity index (χ0n) is 15.6. The van der Waals surface area contributed by atoms with Crippen LogP contribution in [-0.4, -0.2) is 54.3 Å². The summed E-state index contributed by atoms with van der Waals surface area (Å²) in [6.07, 6.45) is -0.0134. The fourth-order valence-electron chi connectivity index (χ4n) is 3.12. The highest BCUT2D eigenvalue weighted by Gasteiger charge is 2.39. The van der Waals surface area contributed by atoms with E-state index in [1.807, 2.05) is 36.4 Å². The molecule has 1 amide bonds. The van der Waals surface area contributed by atoms with Crippen LogP contribution in [0.25, 0.3) is 0 Å². The molecule has 28 heavy (non-hydrogen) atoms. The van der Waals surface area contributed by atoms with Crippen molar-refractivity contribution in [2.24, 2.45) is 0 Å². The molecule has 0 radical (unpaired) electrons. The highest BCUT2D eigenvalue weighted by molar-refractivity contribution is 5.85. The highest BCUT2D eigenvalue weighted by Crippen LogP contribution is 2.28. The predicted octanol–water partition coefficient (Wildman–Crippen LogP) is 2.34. The quantitative estimate of drug-likeness (QED) is 0.751. The van der Waals surface area contributed by atoms with Gasteiger partial charge in [-0.05, 0) is 17.7 Å². The lowest BCUT2D eigenvalue weighted by Crippen LogP contribution is -2.43. The van der Waals surface area contributed by atoms with E-state index in [0.717, 1.165) is 5.56 Å². The normalized spacial score (nSPS) is 18.7. The van der Waals surface area contributed by atoms with Crippen molar-refractivity contribution in [2.75, 3.05) is 20.3 Å². The van der Waals surface area contributed by atoms with Gasteiger partial charge < -0.3 is 24.2 Å². The van der Waals surface area contributed by atoms with Crippen LogP contribution in [0.5, 0.6) is 11.5 Å². The van der Waals surface area contributed by atoms with Crippen molar-refractivity contribution in [2.45, 2.75) is 25.2 Å². The Balaban J connectivity index is 1.61. The van der Waals surface area contributed by atoms with Crippen LogP contribution in [0.4, 0.5) is 0 Å². The van der Waals surface area contributed by atoms with Crippen LogP contribution < -0.4 is 9.47 Å². The third-order valence-electron chi connectivity index (χ3n) is 4.64. The number of carbonyl (C=O) groups excluding carboxylic acids is 1. The Morgan fingerprint density at radius 3 is 2.32 bits per heavy atom. The first-order chi connectivity index (χ1) is 13.6. The second kappa shape index (κ2) is 9.23. The van der Waals surface area contributed by atoms with Crippen LogP contribution in [0.1, 0.15) is 12.0 Å². The summed E-state index contributed by atoms with van der Waals surface area (Å²) < 4.78 is 16.7. The van der Waals surface area contributed by atoms with E-state index < -0.39 is 17.9 Å². The van der Waals surface area contributed by atoms with Crippen molar-refractivity contribution in [3.05, 3.63) is 60.2 Å². The summed E-state index contributed by atoms with van der Waals surface area (Å²) in [5, 5.41) is 9.34. The Morgan fingerprint density at radius 2 is 1.68 bits per heavy atom. The number of benzene rings is 2. The second-order valence-electron chi connectivity index (χ2n) is 6.50. The third-order valence-corrected chi connectivity index (χ3v) is 4.64. The van der Waals surface area contributed by atoms with E-state index in [9.17, 15) is 14.7 Å². The van der Waals surface area contributed by atoms with Gasteiger partial charge in [0.15, 0.2) is 18.1 Å². The van der Waals surface area contributed by atoms with Gasteiger partial charge in [-0.3, -0.25) is 4.79 Å². The standard InChI is InChI=1S/C21H23NO6/c1-26-16-11-17(21(24)25)22(12-16)20(23)14-28-19-10-6-5-9-18(19)27-13-15-7-3-2-4-8-15/h2-10,16-17H,11-14H2,1H3,(H,24,25). The number of nitrogens with zero attached hydrogens (tertiary/aromatic N) is 1. The Hall–Kier alpha value is -3.06. The zero-order valence-corrected chi connectivity index (χ0v) is 15.6. The first kappa shape index (κ1) is 19.7. The molecule has 2 aromatic rings. The molecule has 3 rings (SSSR count). The van der Waals surface area contributed by atoms with Crippen molar-refractivity contribution in [3.63, 3.8) is 0 Å². The predicted molar refractivity (Wildman–Crippen MR) is 101 cm³/mol. The van der Waals surface area contributed by atoms with Gasteiger partial charge >= 0.3 is 5.97 Å². The lowest BCUT2D eigenvalue weighted by Gasteiger charge is -2.21. The smallest absolute Gasteiger partial charge is 0.326 e. The van der Waals surface area contributed by atoms with Gasteiger partial charge in [0.25, 0.3) is 5.91 Å². The number of hydrogen-bond donors (Lipinski definition) is 1. The molecule has 2 atom stereocenters. The maximum Gasteiger partial charge on any atom is 0.326 e. The molecule has 1 N–H and O–H groups in total.